The van der Waals surface area contributed by atoms with Crippen LogP contribution in [0, 0.1) is 11.3 Å². The number of aryl methyl sites for hydroxylation is 1. The smallest absolute Gasteiger partial charge is 0.475 e. The van der Waals surface area contributed by atoms with Crippen molar-refractivity contribution in [3.63, 3.8) is 0 Å². The number of amides is 2. The number of hydrogen-bond donors (Lipinski definition) is 3. The van der Waals surface area contributed by atoms with E-state index in [-0.39, 0.29) is 24.8 Å². The first-order valence-corrected chi connectivity index (χ1v) is 11.0. The molecule has 0 fully saturated rings. The number of hydrogen-bond acceptors (Lipinski definition) is 6. The van der Waals surface area contributed by atoms with Gasteiger partial charge < -0.3 is 25.0 Å². The van der Waals surface area contributed by atoms with Crippen molar-refractivity contribution in [3.05, 3.63) is 77.4 Å². The molecule has 0 spiro atoms. The molecular weight excluding hydrogens is 507 g/mol. The average molecular weight is 529 g/mol. The van der Waals surface area contributed by atoms with Crippen molar-refractivity contribution in [1.82, 2.24) is 20.2 Å². The molecule has 0 saturated carbocycles. The summed E-state index contributed by atoms with van der Waals surface area (Å²) in [6, 6.07) is 14.0. The maximum atomic E-state index is 12.8. The molecule has 38 heavy (non-hydrogen) atoms. The number of benzene rings is 2. The minimum Gasteiger partial charge on any atom is -0.475 e. The molecule has 1 unspecified atom stereocenters. The standard InChI is InChI=1S/C23H21N5O3.C2HF3O2/c1-23(20-13-25-14-28(20)2)17-7-6-16(12-24)19(11-17)31-18-5-3-4-15(10-18)22(30)26-9-8-21(29)27-23;3-2(4,5)1(6)7/h3-7,10-11,13-14H,8-9H2,1-2H3,(H,26,30)(H,27,29);(H,6,7). The van der Waals surface area contributed by atoms with E-state index in [1.807, 2.05) is 18.5 Å². The number of imidazole rings is 1. The van der Waals surface area contributed by atoms with Gasteiger partial charge in [-0.25, -0.2) is 9.78 Å². The summed E-state index contributed by atoms with van der Waals surface area (Å²) in [5.41, 5.74) is 1.30. The molecule has 1 aromatic heterocycles. The van der Waals surface area contributed by atoms with E-state index in [0.717, 1.165) is 11.3 Å². The van der Waals surface area contributed by atoms with Gasteiger partial charge in [-0.1, -0.05) is 12.1 Å². The molecule has 0 radical (unpaired) electrons. The molecule has 1 aliphatic rings. The summed E-state index contributed by atoms with van der Waals surface area (Å²) in [6.45, 7) is 2.06. The van der Waals surface area contributed by atoms with Crippen molar-refractivity contribution in [2.75, 3.05) is 6.54 Å². The lowest BCUT2D eigenvalue weighted by atomic mass is 9.87. The number of nitrogens with zero attached hydrogens (tertiary/aromatic N) is 3. The van der Waals surface area contributed by atoms with Crippen LogP contribution in [0.3, 0.4) is 0 Å². The fraction of sp³-hybridized carbons (Fsp3) is 0.240. The van der Waals surface area contributed by atoms with Gasteiger partial charge in [-0.15, -0.1) is 0 Å². The molecule has 1 atom stereocenters. The Kier molecular flexibility index (Phi) is 8.05. The number of halogens is 3. The monoisotopic (exact) mass is 529 g/mol. The van der Waals surface area contributed by atoms with Crippen molar-refractivity contribution in [2.24, 2.45) is 7.05 Å². The fourth-order valence-electron chi connectivity index (χ4n) is 3.69. The van der Waals surface area contributed by atoms with E-state index < -0.39 is 17.7 Å². The summed E-state index contributed by atoms with van der Waals surface area (Å²) in [5.74, 6) is -2.53. The van der Waals surface area contributed by atoms with E-state index >= 15 is 0 Å². The van der Waals surface area contributed by atoms with Crippen LogP contribution in [-0.2, 0) is 22.2 Å². The summed E-state index contributed by atoms with van der Waals surface area (Å²) < 4.78 is 39.6. The number of alkyl halides is 3. The lowest BCUT2D eigenvalue weighted by Crippen LogP contribution is -2.46. The van der Waals surface area contributed by atoms with Gasteiger partial charge in [0, 0.05) is 25.6 Å². The Morgan fingerprint density at radius 2 is 1.95 bits per heavy atom. The van der Waals surface area contributed by atoms with Gasteiger partial charge in [0.2, 0.25) is 5.91 Å². The molecule has 0 aliphatic carbocycles. The second kappa shape index (κ2) is 11.0. The van der Waals surface area contributed by atoms with E-state index in [9.17, 15) is 28.0 Å². The molecule has 13 heteroatoms. The number of nitrogens with one attached hydrogen (secondary N) is 2. The Morgan fingerprint density at radius 3 is 2.55 bits per heavy atom. The average Bonchev–Trinajstić information content (AvgIpc) is 3.30. The first-order valence-electron chi connectivity index (χ1n) is 11.0. The van der Waals surface area contributed by atoms with E-state index in [0.29, 0.717) is 22.6 Å². The van der Waals surface area contributed by atoms with Crippen LogP contribution < -0.4 is 15.4 Å². The van der Waals surface area contributed by atoms with Crippen LogP contribution >= 0.6 is 0 Å². The van der Waals surface area contributed by atoms with Gasteiger partial charge in [0.25, 0.3) is 5.91 Å². The topological polar surface area (TPSA) is 146 Å². The Bertz CT molecular complexity index is 1410. The first-order chi connectivity index (χ1) is 17.8. The SMILES string of the molecule is Cn1cncc1C1(C)NC(=O)CCNC(=O)c2cccc(c2)Oc2cc1ccc2C#N.O=C(O)C(F)(F)F. The van der Waals surface area contributed by atoms with Gasteiger partial charge in [0.15, 0.2) is 0 Å². The summed E-state index contributed by atoms with van der Waals surface area (Å²) in [4.78, 5) is 38.3. The molecule has 4 rings (SSSR count). The van der Waals surface area contributed by atoms with Crippen molar-refractivity contribution in [2.45, 2.75) is 25.1 Å². The Balaban J connectivity index is 0.000000505. The number of carbonyl (C=O) groups excluding carboxylic acids is 2. The highest BCUT2D eigenvalue weighted by Gasteiger charge is 2.38. The molecule has 2 aromatic carbocycles. The van der Waals surface area contributed by atoms with Crippen molar-refractivity contribution in [1.29, 1.82) is 5.26 Å². The van der Waals surface area contributed by atoms with Crippen LogP contribution in [0.2, 0.25) is 0 Å². The molecular formula is C25H22F3N5O5. The minimum atomic E-state index is -5.08. The number of carbonyl (C=O) groups is 3. The highest BCUT2D eigenvalue weighted by molar-refractivity contribution is 5.94. The van der Waals surface area contributed by atoms with Crippen LogP contribution in [0.5, 0.6) is 11.5 Å². The number of nitriles is 1. The zero-order valence-corrected chi connectivity index (χ0v) is 20.2. The summed E-state index contributed by atoms with van der Waals surface area (Å²) in [6.07, 6.45) is -1.63. The van der Waals surface area contributed by atoms with Crippen LogP contribution in [0.4, 0.5) is 13.2 Å². The predicted molar refractivity (Wildman–Crippen MR) is 126 cm³/mol. The Labute approximate surface area is 214 Å². The van der Waals surface area contributed by atoms with Crippen LogP contribution in [-0.4, -0.2) is 45.2 Å². The van der Waals surface area contributed by atoms with Gasteiger partial charge in [0.05, 0.1) is 23.8 Å². The largest absolute Gasteiger partial charge is 0.490 e. The van der Waals surface area contributed by atoms with Gasteiger partial charge in [-0.3, -0.25) is 9.59 Å². The van der Waals surface area contributed by atoms with Crippen molar-refractivity contribution < 1.29 is 37.4 Å². The quantitative estimate of drug-likeness (QED) is 0.439. The molecule has 2 heterocycles. The van der Waals surface area contributed by atoms with E-state index in [1.54, 1.807) is 55.0 Å². The highest BCUT2D eigenvalue weighted by Crippen LogP contribution is 2.34. The molecule has 4 bridgehead atoms. The summed E-state index contributed by atoms with van der Waals surface area (Å²) in [5, 5.41) is 22.5. The van der Waals surface area contributed by atoms with Crippen LogP contribution in [0.25, 0.3) is 0 Å². The third kappa shape index (κ3) is 6.28. The summed E-state index contributed by atoms with van der Waals surface area (Å²) in [7, 11) is 1.85. The number of aliphatic carboxylic acids is 1. The minimum absolute atomic E-state index is 0.110. The second-order valence-electron chi connectivity index (χ2n) is 8.32. The molecule has 2 amide bonds. The van der Waals surface area contributed by atoms with Crippen molar-refractivity contribution >= 4 is 17.8 Å². The maximum absolute atomic E-state index is 12.8. The van der Waals surface area contributed by atoms with E-state index in [2.05, 4.69) is 21.7 Å². The van der Waals surface area contributed by atoms with Crippen LogP contribution in [0.15, 0.2) is 55.0 Å². The maximum Gasteiger partial charge on any atom is 0.490 e. The Morgan fingerprint density at radius 1 is 1.24 bits per heavy atom. The number of carboxylic acids is 1. The first kappa shape index (κ1) is 27.7. The van der Waals surface area contributed by atoms with Crippen molar-refractivity contribution in [3.8, 4) is 17.6 Å². The molecule has 10 nitrogen and oxygen atoms in total. The normalized spacial score (nSPS) is 17.4. The molecule has 198 valence electrons. The number of carboxylic acid groups (broad SMARTS) is 1. The van der Waals surface area contributed by atoms with Crippen LogP contribution in [0.1, 0.15) is 40.5 Å². The van der Waals surface area contributed by atoms with Gasteiger partial charge in [-0.2, -0.15) is 18.4 Å². The lowest BCUT2D eigenvalue weighted by Gasteiger charge is -2.32. The number of aromatic nitrogens is 2. The molecule has 3 aromatic rings. The highest BCUT2D eigenvalue weighted by atomic mass is 19.4. The number of fused-ring (bicyclic) bond motifs is 4. The lowest BCUT2D eigenvalue weighted by molar-refractivity contribution is -0.192. The third-order valence-electron chi connectivity index (χ3n) is 5.60. The van der Waals surface area contributed by atoms with E-state index in [4.69, 9.17) is 14.6 Å². The second-order valence-corrected chi connectivity index (χ2v) is 8.32. The van der Waals surface area contributed by atoms with Gasteiger partial charge >= 0.3 is 12.1 Å². The molecule has 1 aliphatic heterocycles. The number of rotatable bonds is 1. The molecule has 3 N–H and O–H groups in total. The predicted octanol–water partition coefficient (Wildman–Crippen LogP) is 3.23. The molecule has 0 saturated heterocycles. The fourth-order valence-corrected chi connectivity index (χ4v) is 3.69. The van der Waals surface area contributed by atoms with E-state index in [1.165, 1.54) is 0 Å². The zero-order valence-electron chi connectivity index (χ0n) is 20.2. The Hall–Kier alpha value is -4.86. The summed E-state index contributed by atoms with van der Waals surface area (Å²) >= 11 is 0. The van der Waals surface area contributed by atoms with Gasteiger partial charge in [0.1, 0.15) is 23.1 Å². The number of ether oxygens (including phenoxy) is 1. The van der Waals surface area contributed by atoms with Gasteiger partial charge in [-0.05, 0) is 42.8 Å². The zero-order chi connectivity index (χ0) is 28.1. The third-order valence-corrected chi connectivity index (χ3v) is 5.60.